The molecule has 1 aliphatic heterocycles. The Bertz CT molecular complexity index is 856. The van der Waals surface area contributed by atoms with Gasteiger partial charge in [-0.15, -0.1) is 0 Å². The molecular formula is C18H18FN5O. The molecule has 0 spiro atoms. The number of hydrogen-bond donors (Lipinski definition) is 1. The average Bonchev–Trinajstić information content (AvgIpc) is 3.34. The van der Waals surface area contributed by atoms with Crippen molar-refractivity contribution in [3.8, 4) is 11.3 Å². The van der Waals surface area contributed by atoms with Gasteiger partial charge >= 0.3 is 0 Å². The summed E-state index contributed by atoms with van der Waals surface area (Å²) in [6.45, 7) is 1.36. The Hall–Kier alpha value is -2.96. The number of aromatic amines is 1. The number of piperidine rings is 1. The molecule has 1 amide bonds. The number of benzene rings is 1. The molecule has 0 radical (unpaired) electrons. The van der Waals surface area contributed by atoms with Gasteiger partial charge in [-0.1, -0.05) is 0 Å². The van der Waals surface area contributed by atoms with Crippen LogP contribution in [0.5, 0.6) is 0 Å². The summed E-state index contributed by atoms with van der Waals surface area (Å²) < 4.78 is 15.2. The van der Waals surface area contributed by atoms with Crippen LogP contribution in [0, 0.1) is 5.82 Å². The van der Waals surface area contributed by atoms with Gasteiger partial charge in [-0.2, -0.15) is 5.10 Å². The molecule has 4 rings (SSSR count). The molecule has 1 fully saturated rings. The minimum Gasteiger partial charge on any atom is -0.336 e. The quantitative estimate of drug-likeness (QED) is 0.798. The Balaban J connectivity index is 1.57. The van der Waals surface area contributed by atoms with E-state index in [0.29, 0.717) is 17.8 Å². The van der Waals surface area contributed by atoms with Crippen LogP contribution in [0.2, 0.25) is 0 Å². The molecule has 1 atom stereocenters. The first-order chi connectivity index (χ1) is 12.2. The fourth-order valence-electron chi connectivity index (χ4n) is 3.32. The second kappa shape index (κ2) is 6.51. The van der Waals surface area contributed by atoms with E-state index >= 15 is 0 Å². The van der Waals surface area contributed by atoms with Crippen molar-refractivity contribution in [2.75, 3.05) is 13.1 Å². The van der Waals surface area contributed by atoms with E-state index in [9.17, 15) is 9.18 Å². The molecule has 3 heterocycles. The first-order valence-electron chi connectivity index (χ1n) is 8.28. The van der Waals surface area contributed by atoms with E-state index < -0.39 is 0 Å². The van der Waals surface area contributed by atoms with E-state index in [4.69, 9.17) is 0 Å². The van der Waals surface area contributed by atoms with Crippen LogP contribution >= 0.6 is 0 Å². The van der Waals surface area contributed by atoms with E-state index in [1.165, 1.54) is 12.1 Å². The Morgan fingerprint density at radius 1 is 1.28 bits per heavy atom. The van der Waals surface area contributed by atoms with Crippen LogP contribution in [-0.4, -0.2) is 43.6 Å². The molecule has 0 unspecified atom stereocenters. The molecule has 3 aromatic rings. The number of likely N-dealkylation sites (tertiary alicyclic amines) is 1. The average molecular weight is 339 g/mol. The zero-order valence-electron chi connectivity index (χ0n) is 13.6. The Morgan fingerprint density at radius 3 is 2.88 bits per heavy atom. The van der Waals surface area contributed by atoms with Gasteiger partial charge in [-0.25, -0.2) is 9.37 Å². The summed E-state index contributed by atoms with van der Waals surface area (Å²) in [4.78, 5) is 18.9. The van der Waals surface area contributed by atoms with Crippen molar-refractivity contribution in [1.29, 1.82) is 0 Å². The highest BCUT2D eigenvalue weighted by atomic mass is 19.1. The van der Waals surface area contributed by atoms with Crippen LogP contribution in [-0.2, 0) is 0 Å². The van der Waals surface area contributed by atoms with E-state index in [1.54, 1.807) is 30.9 Å². The first kappa shape index (κ1) is 15.6. The predicted octanol–water partition coefficient (Wildman–Crippen LogP) is 2.89. The number of rotatable bonds is 3. The SMILES string of the molecule is O=C(c1cn[nH]c1-c1ccc(F)cc1)N1CCC[C@@H](n2ccnc2)C1. The number of amides is 1. The predicted molar refractivity (Wildman–Crippen MR) is 90.4 cm³/mol. The van der Waals surface area contributed by atoms with Gasteiger partial charge in [0, 0.05) is 31.0 Å². The van der Waals surface area contributed by atoms with Gasteiger partial charge in [0.25, 0.3) is 5.91 Å². The third-order valence-corrected chi connectivity index (χ3v) is 4.63. The van der Waals surface area contributed by atoms with Gasteiger partial charge in [-0.05, 0) is 37.1 Å². The lowest BCUT2D eigenvalue weighted by Crippen LogP contribution is -2.40. The molecule has 128 valence electrons. The zero-order valence-corrected chi connectivity index (χ0v) is 13.6. The van der Waals surface area contributed by atoms with Crippen molar-refractivity contribution in [1.82, 2.24) is 24.6 Å². The fraction of sp³-hybridized carbons (Fsp3) is 0.278. The van der Waals surface area contributed by atoms with Crippen molar-refractivity contribution in [3.05, 3.63) is 60.6 Å². The second-order valence-electron chi connectivity index (χ2n) is 6.22. The second-order valence-corrected chi connectivity index (χ2v) is 6.22. The Labute approximate surface area is 144 Å². The van der Waals surface area contributed by atoms with Crippen LogP contribution in [0.1, 0.15) is 29.2 Å². The number of nitrogens with one attached hydrogen (secondary N) is 1. The number of aromatic nitrogens is 4. The molecule has 1 N–H and O–H groups in total. The minimum absolute atomic E-state index is 0.0575. The summed E-state index contributed by atoms with van der Waals surface area (Å²) in [7, 11) is 0. The van der Waals surface area contributed by atoms with Crippen LogP contribution < -0.4 is 0 Å². The molecule has 1 saturated heterocycles. The van der Waals surface area contributed by atoms with Crippen molar-refractivity contribution < 1.29 is 9.18 Å². The summed E-state index contributed by atoms with van der Waals surface area (Å²) in [5.74, 6) is -0.367. The number of hydrogen-bond acceptors (Lipinski definition) is 3. The smallest absolute Gasteiger partial charge is 0.257 e. The standard InChI is InChI=1S/C18H18FN5O/c19-14-5-3-13(4-6-14)17-16(10-21-22-17)18(25)23-8-1-2-15(11-23)24-9-7-20-12-24/h3-7,9-10,12,15H,1-2,8,11H2,(H,21,22)/t15-/m1/s1. The van der Waals surface area contributed by atoms with Gasteiger partial charge in [0.2, 0.25) is 0 Å². The molecule has 0 aliphatic carbocycles. The molecule has 1 aromatic carbocycles. The van der Waals surface area contributed by atoms with E-state index in [-0.39, 0.29) is 17.8 Å². The number of H-pyrrole nitrogens is 1. The molecule has 0 saturated carbocycles. The lowest BCUT2D eigenvalue weighted by atomic mass is 10.0. The number of carbonyl (C=O) groups excluding carboxylic acids is 1. The van der Waals surface area contributed by atoms with Crippen molar-refractivity contribution in [2.45, 2.75) is 18.9 Å². The maximum atomic E-state index is 13.1. The molecule has 6 nitrogen and oxygen atoms in total. The summed E-state index contributed by atoms with van der Waals surface area (Å²) in [6, 6.07) is 6.27. The highest BCUT2D eigenvalue weighted by Gasteiger charge is 2.27. The number of nitrogens with zero attached hydrogens (tertiary/aromatic N) is 4. The van der Waals surface area contributed by atoms with Crippen LogP contribution in [0.15, 0.2) is 49.2 Å². The molecule has 1 aliphatic rings. The van der Waals surface area contributed by atoms with Crippen molar-refractivity contribution in [2.24, 2.45) is 0 Å². The maximum absolute atomic E-state index is 13.1. The zero-order chi connectivity index (χ0) is 17.2. The lowest BCUT2D eigenvalue weighted by molar-refractivity contribution is 0.0680. The Kier molecular flexibility index (Phi) is 4.05. The molecule has 2 aromatic heterocycles. The summed E-state index contributed by atoms with van der Waals surface area (Å²) in [6.07, 6.45) is 8.99. The van der Waals surface area contributed by atoms with E-state index in [0.717, 1.165) is 24.9 Å². The van der Waals surface area contributed by atoms with Gasteiger partial charge in [-0.3, -0.25) is 9.89 Å². The van der Waals surface area contributed by atoms with Crippen LogP contribution in [0.3, 0.4) is 0 Å². The summed E-state index contributed by atoms with van der Waals surface area (Å²) in [5, 5.41) is 6.89. The Morgan fingerprint density at radius 2 is 2.12 bits per heavy atom. The van der Waals surface area contributed by atoms with Gasteiger partial charge in [0.1, 0.15) is 5.82 Å². The number of carbonyl (C=O) groups is 1. The minimum atomic E-state index is -0.310. The summed E-state index contributed by atoms with van der Waals surface area (Å²) in [5.41, 5.74) is 1.87. The van der Waals surface area contributed by atoms with Crippen molar-refractivity contribution >= 4 is 5.91 Å². The largest absolute Gasteiger partial charge is 0.336 e. The summed E-state index contributed by atoms with van der Waals surface area (Å²) >= 11 is 0. The molecular weight excluding hydrogens is 321 g/mol. The van der Waals surface area contributed by atoms with Crippen LogP contribution in [0.25, 0.3) is 11.3 Å². The molecule has 25 heavy (non-hydrogen) atoms. The molecule has 7 heteroatoms. The number of imidazole rings is 1. The highest BCUT2D eigenvalue weighted by molar-refractivity contribution is 5.99. The van der Waals surface area contributed by atoms with Gasteiger partial charge in [0.15, 0.2) is 0 Å². The van der Waals surface area contributed by atoms with Crippen LogP contribution in [0.4, 0.5) is 4.39 Å². The van der Waals surface area contributed by atoms with Gasteiger partial charge in [0.05, 0.1) is 29.8 Å². The lowest BCUT2D eigenvalue weighted by Gasteiger charge is -2.33. The topological polar surface area (TPSA) is 66.8 Å². The third-order valence-electron chi connectivity index (χ3n) is 4.63. The van der Waals surface area contributed by atoms with E-state index in [2.05, 4.69) is 19.7 Å². The number of halogens is 1. The van der Waals surface area contributed by atoms with Crippen molar-refractivity contribution in [3.63, 3.8) is 0 Å². The highest BCUT2D eigenvalue weighted by Crippen LogP contribution is 2.26. The fourth-order valence-corrected chi connectivity index (χ4v) is 3.32. The van der Waals surface area contributed by atoms with Gasteiger partial charge < -0.3 is 9.47 Å². The van der Waals surface area contributed by atoms with E-state index in [1.807, 2.05) is 11.1 Å². The monoisotopic (exact) mass is 339 g/mol. The molecule has 0 bridgehead atoms. The first-order valence-corrected chi connectivity index (χ1v) is 8.28. The third kappa shape index (κ3) is 3.05. The maximum Gasteiger partial charge on any atom is 0.257 e. The normalized spacial score (nSPS) is 17.6.